The number of benzene rings is 1. The first-order chi connectivity index (χ1) is 12.5. The van der Waals surface area contributed by atoms with Crippen molar-refractivity contribution in [3.05, 3.63) is 41.5 Å². The summed E-state index contributed by atoms with van der Waals surface area (Å²) in [5.74, 6) is 1.58. The lowest BCUT2D eigenvalue weighted by Gasteiger charge is -2.25. The van der Waals surface area contributed by atoms with Crippen molar-refractivity contribution < 1.29 is 8.42 Å². The molecular formula is C21H32N2O2S. The number of hydrogen-bond donors (Lipinski definition) is 1. The molecule has 1 saturated heterocycles. The van der Waals surface area contributed by atoms with Crippen LogP contribution >= 0.6 is 0 Å². The second-order valence-corrected chi connectivity index (χ2v) is 9.72. The van der Waals surface area contributed by atoms with Gasteiger partial charge in [-0.05, 0) is 67.1 Å². The topological polar surface area (TPSA) is 49.4 Å². The van der Waals surface area contributed by atoms with Gasteiger partial charge in [-0.3, -0.25) is 0 Å². The molecule has 0 aromatic heterocycles. The Balaban J connectivity index is 1.50. The third-order valence-electron chi connectivity index (χ3n) is 5.82. The van der Waals surface area contributed by atoms with Crippen LogP contribution in [0, 0.1) is 11.8 Å². The molecule has 1 N–H and O–H groups in total. The predicted octanol–water partition coefficient (Wildman–Crippen LogP) is 4.00. The maximum Gasteiger partial charge on any atom is 0.279 e. The van der Waals surface area contributed by atoms with Crippen molar-refractivity contribution in [3.63, 3.8) is 0 Å². The Morgan fingerprint density at radius 3 is 2.42 bits per heavy atom. The van der Waals surface area contributed by atoms with Crippen LogP contribution in [0.25, 0.3) is 5.57 Å². The molecule has 1 heterocycles. The van der Waals surface area contributed by atoms with Crippen molar-refractivity contribution in [2.75, 3.05) is 19.6 Å². The lowest BCUT2D eigenvalue weighted by molar-refractivity contribution is 0.359. The normalized spacial score (nSPS) is 22.0. The molecule has 5 heteroatoms. The van der Waals surface area contributed by atoms with Crippen molar-refractivity contribution in [2.45, 2.75) is 52.4 Å². The summed E-state index contributed by atoms with van der Waals surface area (Å²) in [5.41, 5.74) is 3.95. The number of allylic oxidation sites excluding steroid dienone is 2. The van der Waals surface area contributed by atoms with Crippen molar-refractivity contribution in [3.8, 4) is 0 Å². The second kappa shape index (κ2) is 8.68. The third kappa shape index (κ3) is 4.96. The van der Waals surface area contributed by atoms with Crippen LogP contribution in [-0.4, -0.2) is 32.4 Å². The maximum absolute atomic E-state index is 12.2. The molecule has 4 nitrogen and oxygen atoms in total. The van der Waals surface area contributed by atoms with Gasteiger partial charge in [0, 0.05) is 19.6 Å². The molecule has 1 aromatic carbocycles. The molecule has 1 aromatic rings. The lowest BCUT2D eigenvalue weighted by atomic mass is 9.81. The fourth-order valence-electron chi connectivity index (χ4n) is 3.95. The molecule has 1 fully saturated rings. The van der Waals surface area contributed by atoms with Crippen LogP contribution in [0.2, 0.25) is 0 Å². The number of nitrogens with zero attached hydrogens (tertiary/aromatic N) is 1. The summed E-state index contributed by atoms with van der Waals surface area (Å²) in [6.45, 7) is 6.39. The first-order valence-electron chi connectivity index (χ1n) is 9.99. The van der Waals surface area contributed by atoms with E-state index in [1.165, 1.54) is 29.5 Å². The Kier molecular flexibility index (Phi) is 6.54. The minimum atomic E-state index is -3.29. The molecule has 0 amide bonds. The average Bonchev–Trinajstić information content (AvgIpc) is 3.18. The van der Waals surface area contributed by atoms with Crippen molar-refractivity contribution in [1.82, 2.24) is 9.03 Å². The molecule has 1 aliphatic heterocycles. The molecule has 0 bridgehead atoms. The predicted molar refractivity (Wildman–Crippen MR) is 108 cm³/mol. The molecule has 0 radical (unpaired) electrons. The molecule has 1 unspecified atom stereocenters. The molecule has 1 atom stereocenters. The zero-order chi connectivity index (χ0) is 18.6. The van der Waals surface area contributed by atoms with E-state index in [1.54, 1.807) is 4.31 Å². The highest BCUT2D eigenvalue weighted by Crippen LogP contribution is 2.33. The summed E-state index contributed by atoms with van der Waals surface area (Å²) in [7, 11) is -3.29. The van der Waals surface area contributed by atoms with Gasteiger partial charge < -0.3 is 0 Å². The quantitative estimate of drug-likeness (QED) is 0.782. The third-order valence-corrected chi connectivity index (χ3v) is 7.44. The van der Waals surface area contributed by atoms with Crippen LogP contribution in [0.5, 0.6) is 0 Å². The minimum absolute atomic E-state index is 0.455. The lowest BCUT2D eigenvalue weighted by Crippen LogP contribution is -2.39. The molecule has 2 aliphatic rings. The largest absolute Gasteiger partial charge is 0.279 e. The van der Waals surface area contributed by atoms with Crippen molar-refractivity contribution in [1.29, 1.82) is 0 Å². The van der Waals surface area contributed by atoms with E-state index in [9.17, 15) is 8.42 Å². The Morgan fingerprint density at radius 2 is 1.85 bits per heavy atom. The van der Waals surface area contributed by atoms with Crippen LogP contribution < -0.4 is 4.72 Å². The van der Waals surface area contributed by atoms with E-state index in [4.69, 9.17) is 0 Å². The van der Waals surface area contributed by atoms with Crippen LogP contribution in [0.15, 0.2) is 30.3 Å². The van der Waals surface area contributed by atoms with Gasteiger partial charge in [-0.25, -0.2) is 4.72 Å². The zero-order valence-electron chi connectivity index (χ0n) is 16.1. The van der Waals surface area contributed by atoms with E-state index < -0.39 is 10.2 Å². The van der Waals surface area contributed by atoms with Gasteiger partial charge >= 0.3 is 0 Å². The zero-order valence-corrected chi connectivity index (χ0v) is 16.9. The monoisotopic (exact) mass is 376 g/mol. The van der Waals surface area contributed by atoms with Gasteiger partial charge in [0.05, 0.1) is 0 Å². The fraction of sp³-hybridized carbons (Fsp3) is 0.619. The summed E-state index contributed by atoms with van der Waals surface area (Å²) >= 11 is 0. The van der Waals surface area contributed by atoms with E-state index in [0.717, 1.165) is 37.5 Å². The molecule has 0 saturated carbocycles. The van der Waals surface area contributed by atoms with Gasteiger partial charge in [0.15, 0.2) is 0 Å². The number of nitrogens with one attached hydrogen (secondary N) is 1. The Labute approximate surface area is 158 Å². The fourth-order valence-corrected chi connectivity index (χ4v) is 5.23. The molecular weight excluding hydrogens is 344 g/mol. The van der Waals surface area contributed by atoms with Crippen molar-refractivity contribution >= 4 is 15.8 Å². The van der Waals surface area contributed by atoms with E-state index in [1.807, 2.05) is 0 Å². The summed E-state index contributed by atoms with van der Waals surface area (Å²) in [6, 6.07) is 8.64. The van der Waals surface area contributed by atoms with E-state index in [-0.39, 0.29) is 0 Å². The molecule has 1 aliphatic carbocycles. The Bertz CT molecular complexity index is 717. The number of hydrogen-bond acceptors (Lipinski definition) is 2. The first-order valence-corrected chi connectivity index (χ1v) is 11.4. The summed E-state index contributed by atoms with van der Waals surface area (Å²) in [4.78, 5) is 0. The van der Waals surface area contributed by atoms with Crippen LogP contribution in [-0.2, 0) is 16.6 Å². The molecule has 0 spiro atoms. The highest BCUT2D eigenvalue weighted by Gasteiger charge is 2.24. The van der Waals surface area contributed by atoms with Crippen LogP contribution in [0.4, 0.5) is 0 Å². The molecule has 3 rings (SSSR count). The Morgan fingerprint density at radius 1 is 1.15 bits per heavy atom. The van der Waals surface area contributed by atoms with Gasteiger partial charge in [0.2, 0.25) is 0 Å². The van der Waals surface area contributed by atoms with Crippen LogP contribution in [0.1, 0.15) is 57.1 Å². The smallest absolute Gasteiger partial charge is 0.202 e. The number of rotatable bonds is 7. The highest BCUT2D eigenvalue weighted by atomic mass is 32.2. The van der Waals surface area contributed by atoms with Gasteiger partial charge in [-0.15, -0.1) is 0 Å². The first kappa shape index (κ1) is 19.6. The summed E-state index contributed by atoms with van der Waals surface area (Å²) < 4.78 is 28.6. The van der Waals surface area contributed by atoms with Gasteiger partial charge in [-0.1, -0.05) is 44.2 Å². The second-order valence-electron chi connectivity index (χ2n) is 7.96. The van der Waals surface area contributed by atoms with E-state index >= 15 is 0 Å². The minimum Gasteiger partial charge on any atom is -0.202 e. The SMILES string of the molecule is CC(C)C1CC=C(c2ccc(CCNS(=O)(=O)N3CCCC3)cc2)CC1. The van der Waals surface area contributed by atoms with Gasteiger partial charge in [0.1, 0.15) is 0 Å². The summed E-state index contributed by atoms with van der Waals surface area (Å²) in [6.07, 6.45) is 8.70. The van der Waals surface area contributed by atoms with E-state index in [2.05, 4.69) is 48.9 Å². The molecule has 144 valence electrons. The highest BCUT2D eigenvalue weighted by molar-refractivity contribution is 7.87. The Hall–Kier alpha value is -1.17. The molecule has 26 heavy (non-hydrogen) atoms. The van der Waals surface area contributed by atoms with Crippen LogP contribution in [0.3, 0.4) is 0 Å². The maximum atomic E-state index is 12.2. The standard InChI is InChI=1S/C21H32N2O2S/c1-17(2)19-9-11-21(12-10-19)20-7-5-18(6-8-20)13-14-22-26(24,25)23-15-3-4-16-23/h5-8,11,17,19,22H,3-4,9-10,12-16H2,1-2H3. The van der Waals surface area contributed by atoms with Crippen molar-refractivity contribution in [2.24, 2.45) is 11.8 Å². The summed E-state index contributed by atoms with van der Waals surface area (Å²) in [5, 5.41) is 0. The van der Waals surface area contributed by atoms with Gasteiger partial charge in [-0.2, -0.15) is 12.7 Å². The van der Waals surface area contributed by atoms with Gasteiger partial charge in [0.25, 0.3) is 10.2 Å². The van der Waals surface area contributed by atoms with E-state index in [0.29, 0.717) is 19.6 Å². The average molecular weight is 377 g/mol.